The average Bonchev–Trinajstić information content (AvgIpc) is 2.97. The van der Waals surface area contributed by atoms with E-state index < -0.39 is 0 Å². The highest BCUT2D eigenvalue weighted by Gasteiger charge is 2.15. The highest BCUT2D eigenvalue weighted by Crippen LogP contribution is 2.25. The second-order valence-corrected chi connectivity index (χ2v) is 8.66. The molecule has 2 amide bonds. The number of hydrogen-bond acceptors (Lipinski definition) is 4. The maximum Gasteiger partial charge on any atom is 0.251 e. The third-order valence-electron chi connectivity index (χ3n) is 4.98. The first kappa shape index (κ1) is 22.9. The number of nitrogens with one attached hydrogen (secondary N) is 2. The van der Waals surface area contributed by atoms with E-state index in [-0.39, 0.29) is 24.9 Å². The van der Waals surface area contributed by atoms with Crippen LogP contribution in [0.1, 0.15) is 32.9 Å². The molecule has 3 rings (SSSR count). The number of rotatable bonds is 6. The van der Waals surface area contributed by atoms with Crippen molar-refractivity contribution in [1.82, 2.24) is 19.7 Å². The van der Waals surface area contributed by atoms with Crippen LogP contribution in [0.4, 0.5) is 5.69 Å². The van der Waals surface area contributed by atoms with Crippen molar-refractivity contribution in [3.63, 3.8) is 0 Å². The molecule has 0 unspecified atom stereocenters. The highest BCUT2D eigenvalue weighted by molar-refractivity contribution is 9.10. The van der Waals surface area contributed by atoms with Gasteiger partial charge in [-0.3, -0.25) is 9.59 Å². The summed E-state index contributed by atoms with van der Waals surface area (Å²) in [7, 11) is 1.77. The zero-order valence-corrected chi connectivity index (χ0v) is 20.2. The van der Waals surface area contributed by atoms with E-state index in [9.17, 15) is 9.59 Å². The number of aromatic nitrogens is 3. The van der Waals surface area contributed by atoms with Gasteiger partial charge in [-0.2, -0.15) is 5.10 Å². The van der Waals surface area contributed by atoms with Gasteiger partial charge in [-0.05, 0) is 67.9 Å². The van der Waals surface area contributed by atoms with Crippen LogP contribution in [0.2, 0.25) is 0 Å². The average molecular weight is 502 g/mol. The van der Waals surface area contributed by atoms with Crippen LogP contribution in [0.3, 0.4) is 0 Å². The summed E-state index contributed by atoms with van der Waals surface area (Å²) in [6.07, 6.45) is 0. The molecule has 0 saturated heterocycles. The molecule has 7 nitrogen and oxygen atoms in total. The van der Waals surface area contributed by atoms with Gasteiger partial charge in [-0.25, -0.2) is 4.68 Å². The van der Waals surface area contributed by atoms with E-state index in [1.807, 2.05) is 51.1 Å². The summed E-state index contributed by atoms with van der Waals surface area (Å²) in [5.41, 5.74) is 4.21. The van der Waals surface area contributed by atoms with Gasteiger partial charge in [0.15, 0.2) is 10.6 Å². The summed E-state index contributed by atoms with van der Waals surface area (Å²) >= 11 is 8.88. The monoisotopic (exact) mass is 501 g/mol. The number of benzene rings is 2. The lowest BCUT2D eigenvalue weighted by molar-refractivity contribution is -0.116. The molecule has 0 aliphatic rings. The standard InChI is InChI=1S/C22H24BrN5O2S/c1-13-7-5-6-8-17(13)21(30)24-11-18-26-28(22(31)27(18)4)12-19(29)25-20-14(2)9-16(23)10-15(20)3/h5-10H,11-12H2,1-4H3,(H,24,30)(H,25,29). The summed E-state index contributed by atoms with van der Waals surface area (Å²) in [6, 6.07) is 11.3. The van der Waals surface area contributed by atoms with Gasteiger partial charge < -0.3 is 15.2 Å². The number of carbonyl (C=O) groups is 2. The van der Waals surface area contributed by atoms with Gasteiger partial charge in [0, 0.05) is 22.8 Å². The molecule has 2 N–H and O–H groups in total. The van der Waals surface area contributed by atoms with Crippen LogP contribution in [0.15, 0.2) is 40.9 Å². The van der Waals surface area contributed by atoms with E-state index in [1.54, 1.807) is 17.7 Å². The molecule has 0 radical (unpaired) electrons. The van der Waals surface area contributed by atoms with Crippen LogP contribution in [0, 0.1) is 25.5 Å². The van der Waals surface area contributed by atoms with E-state index in [2.05, 4.69) is 31.7 Å². The smallest absolute Gasteiger partial charge is 0.251 e. The Morgan fingerprint density at radius 3 is 2.39 bits per heavy atom. The minimum atomic E-state index is -0.224. The molecule has 2 aromatic carbocycles. The maximum absolute atomic E-state index is 12.6. The van der Waals surface area contributed by atoms with E-state index in [0.717, 1.165) is 26.9 Å². The Bertz CT molecular complexity index is 1190. The molecule has 0 bridgehead atoms. The molecule has 0 fully saturated rings. The molecule has 31 heavy (non-hydrogen) atoms. The lowest BCUT2D eigenvalue weighted by Crippen LogP contribution is -2.25. The van der Waals surface area contributed by atoms with Gasteiger partial charge in [0.1, 0.15) is 6.54 Å². The van der Waals surface area contributed by atoms with Crippen molar-refractivity contribution in [2.24, 2.45) is 7.05 Å². The van der Waals surface area contributed by atoms with Crippen LogP contribution >= 0.6 is 28.1 Å². The minimum Gasteiger partial charge on any atom is -0.345 e. The van der Waals surface area contributed by atoms with Crippen LogP contribution < -0.4 is 10.6 Å². The molecular weight excluding hydrogens is 478 g/mol. The maximum atomic E-state index is 12.6. The molecule has 3 aromatic rings. The molecule has 1 heterocycles. The molecule has 1 aromatic heterocycles. The number of aryl methyl sites for hydroxylation is 3. The predicted octanol–water partition coefficient (Wildman–Crippen LogP) is 4.21. The molecule has 0 atom stereocenters. The van der Waals surface area contributed by atoms with Crippen molar-refractivity contribution in [2.45, 2.75) is 33.9 Å². The fourth-order valence-electron chi connectivity index (χ4n) is 3.29. The topological polar surface area (TPSA) is 80.9 Å². The number of carbonyl (C=O) groups excluding carboxylic acids is 2. The summed E-state index contributed by atoms with van der Waals surface area (Å²) in [5, 5.41) is 10.2. The zero-order chi connectivity index (χ0) is 22.7. The minimum absolute atomic E-state index is 0.0205. The van der Waals surface area contributed by atoms with Gasteiger partial charge in [0.25, 0.3) is 5.91 Å². The Labute approximate surface area is 194 Å². The Morgan fingerprint density at radius 2 is 1.74 bits per heavy atom. The van der Waals surface area contributed by atoms with E-state index in [0.29, 0.717) is 16.2 Å². The lowest BCUT2D eigenvalue weighted by Gasteiger charge is -2.12. The van der Waals surface area contributed by atoms with Crippen molar-refractivity contribution in [2.75, 3.05) is 5.32 Å². The van der Waals surface area contributed by atoms with Crippen LogP contribution in [0.5, 0.6) is 0 Å². The normalized spacial score (nSPS) is 10.7. The van der Waals surface area contributed by atoms with E-state index >= 15 is 0 Å². The first-order chi connectivity index (χ1) is 14.7. The SMILES string of the molecule is Cc1ccccc1C(=O)NCc1nn(CC(=O)Nc2c(C)cc(Br)cc2C)c(=S)n1C. The van der Waals surface area contributed by atoms with Gasteiger partial charge in [0.2, 0.25) is 5.91 Å². The second kappa shape index (κ2) is 9.57. The molecule has 162 valence electrons. The van der Waals surface area contributed by atoms with Crippen molar-refractivity contribution < 1.29 is 9.59 Å². The van der Waals surface area contributed by atoms with Crippen LogP contribution in [-0.2, 0) is 24.9 Å². The van der Waals surface area contributed by atoms with Crippen LogP contribution in [0.25, 0.3) is 0 Å². The third-order valence-corrected chi connectivity index (χ3v) is 5.93. The van der Waals surface area contributed by atoms with E-state index in [1.165, 1.54) is 4.68 Å². The number of amides is 2. The van der Waals surface area contributed by atoms with Crippen LogP contribution in [-0.4, -0.2) is 26.2 Å². The zero-order valence-electron chi connectivity index (χ0n) is 17.8. The van der Waals surface area contributed by atoms with Gasteiger partial charge in [-0.1, -0.05) is 34.1 Å². The molecular formula is C22H24BrN5O2S. The van der Waals surface area contributed by atoms with Crippen molar-refractivity contribution >= 4 is 45.6 Å². The largest absolute Gasteiger partial charge is 0.345 e. The number of anilines is 1. The summed E-state index contributed by atoms with van der Waals surface area (Å²) in [6.45, 7) is 5.95. The third kappa shape index (κ3) is 5.29. The molecule has 9 heteroatoms. The van der Waals surface area contributed by atoms with Gasteiger partial charge in [0.05, 0.1) is 6.54 Å². The summed E-state index contributed by atoms with van der Waals surface area (Å²) in [4.78, 5) is 25.1. The Hall–Kier alpha value is -2.78. The van der Waals surface area contributed by atoms with Crippen molar-refractivity contribution in [1.29, 1.82) is 0 Å². The quantitative estimate of drug-likeness (QED) is 0.495. The highest BCUT2D eigenvalue weighted by atomic mass is 79.9. The number of nitrogens with zero attached hydrogens (tertiary/aromatic N) is 3. The first-order valence-corrected chi connectivity index (χ1v) is 10.9. The summed E-state index contributed by atoms with van der Waals surface area (Å²) in [5.74, 6) is 0.159. The molecule has 0 aliphatic carbocycles. The Morgan fingerprint density at radius 1 is 1.10 bits per heavy atom. The summed E-state index contributed by atoms with van der Waals surface area (Å²) < 4.78 is 4.52. The Kier molecular flexibility index (Phi) is 7.07. The predicted molar refractivity (Wildman–Crippen MR) is 127 cm³/mol. The molecule has 0 aliphatic heterocycles. The fraction of sp³-hybridized carbons (Fsp3) is 0.273. The van der Waals surface area contributed by atoms with Crippen molar-refractivity contribution in [3.05, 3.63) is 73.7 Å². The number of hydrogen-bond donors (Lipinski definition) is 2. The van der Waals surface area contributed by atoms with Gasteiger partial charge in [-0.15, -0.1) is 0 Å². The first-order valence-electron chi connectivity index (χ1n) is 9.70. The molecule has 0 spiro atoms. The van der Waals surface area contributed by atoms with Gasteiger partial charge >= 0.3 is 0 Å². The fourth-order valence-corrected chi connectivity index (χ4v) is 4.19. The second-order valence-electron chi connectivity index (χ2n) is 7.38. The van der Waals surface area contributed by atoms with Crippen molar-refractivity contribution in [3.8, 4) is 0 Å². The molecule has 0 saturated carbocycles. The van der Waals surface area contributed by atoms with E-state index in [4.69, 9.17) is 12.2 Å². The Balaban J connectivity index is 1.69. The lowest BCUT2D eigenvalue weighted by atomic mass is 10.1. The number of halogens is 1.